The highest BCUT2D eigenvalue weighted by molar-refractivity contribution is 5.37. The molecule has 0 spiro atoms. The van der Waals surface area contributed by atoms with Crippen LogP contribution in [0, 0.1) is 23.1 Å². The van der Waals surface area contributed by atoms with Crippen LogP contribution in [0.5, 0.6) is 0 Å². The SMILES string of the molecule is CN(Cc1ccc(F)cc1C#N)C[C@@H]1CCCN(C)[C@H]1c1cnn(C)c1. The van der Waals surface area contributed by atoms with E-state index < -0.39 is 0 Å². The van der Waals surface area contributed by atoms with Crippen molar-refractivity contribution >= 4 is 0 Å². The van der Waals surface area contributed by atoms with Gasteiger partial charge in [-0.25, -0.2) is 4.39 Å². The molecule has 2 heterocycles. The lowest BCUT2D eigenvalue weighted by atomic mass is 9.85. The second-order valence-electron chi connectivity index (χ2n) is 7.39. The number of piperidine rings is 1. The number of nitrogens with zero attached hydrogens (tertiary/aromatic N) is 5. The van der Waals surface area contributed by atoms with Crippen molar-refractivity contribution in [2.45, 2.75) is 25.4 Å². The van der Waals surface area contributed by atoms with E-state index >= 15 is 0 Å². The molecule has 1 aromatic carbocycles. The van der Waals surface area contributed by atoms with E-state index in [1.807, 2.05) is 17.9 Å². The van der Waals surface area contributed by atoms with E-state index in [2.05, 4.69) is 41.3 Å². The van der Waals surface area contributed by atoms with Gasteiger partial charge in [0.05, 0.1) is 17.8 Å². The standard InChI is InChI=1S/C20H26FN5/c1-24(12-15-6-7-19(21)9-17(15)10-22)13-16-5-4-8-25(2)20(16)18-11-23-26(3)14-18/h6-7,9,11,14,16,20H,4-5,8,12-13H2,1-3H3/t16-,20+/m0/s1. The highest BCUT2D eigenvalue weighted by atomic mass is 19.1. The number of aromatic nitrogens is 2. The monoisotopic (exact) mass is 355 g/mol. The lowest BCUT2D eigenvalue weighted by Gasteiger charge is -2.40. The van der Waals surface area contributed by atoms with Crippen molar-refractivity contribution in [3.63, 3.8) is 0 Å². The van der Waals surface area contributed by atoms with Crippen LogP contribution in [0.3, 0.4) is 0 Å². The van der Waals surface area contributed by atoms with Gasteiger partial charge in [0.2, 0.25) is 0 Å². The summed E-state index contributed by atoms with van der Waals surface area (Å²) in [4.78, 5) is 4.65. The topological polar surface area (TPSA) is 48.1 Å². The van der Waals surface area contributed by atoms with Crippen LogP contribution < -0.4 is 0 Å². The minimum Gasteiger partial charge on any atom is -0.302 e. The molecule has 1 aliphatic rings. The lowest BCUT2D eigenvalue weighted by molar-refractivity contribution is 0.0925. The van der Waals surface area contributed by atoms with E-state index in [4.69, 9.17) is 0 Å². The Morgan fingerprint density at radius 2 is 2.19 bits per heavy atom. The molecule has 0 bridgehead atoms. The van der Waals surface area contributed by atoms with Gasteiger partial charge in [0.25, 0.3) is 0 Å². The third-order valence-electron chi connectivity index (χ3n) is 5.25. The minimum absolute atomic E-state index is 0.351. The smallest absolute Gasteiger partial charge is 0.124 e. The second kappa shape index (κ2) is 7.98. The Morgan fingerprint density at radius 3 is 2.88 bits per heavy atom. The molecule has 2 aromatic rings. The summed E-state index contributed by atoms with van der Waals surface area (Å²) in [7, 11) is 6.20. The summed E-state index contributed by atoms with van der Waals surface area (Å²) in [6, 6.07) is 6.92. The summed E-state index contributed by atoms with van der Waals surface area (Å²) in [6.07, 6.45) is 6.43. The number of aryl methyl sites for hydroxylation is 1. The number of hydrogen-bond acceptors (Lipinski definition) is 4. The Morgan fingerprint density at radius 1 is 1.38 bits per heavy atom. The first-order chi connectivity index (χ1) is 12.5. The summed E-state index contributed by atoms with van der Waals surface area (Å²) in [5.74, 6) is 0.132. The average molecular weight is 355 g/mol. The van der Waals surface area contributed by atoms with Gasteiger partial charge in [-0.2, -0.15) is 10.4 Å². The highest BCUT2D eigenvalue weighted by Gasteiger charge is 2.32. The van der Waals surface area contributed by atoms with Crippen LogP contribution in [0.2, 0.25) is 0 Å². The molecule has 6 heteroatoms. The van der Waals surface area contributed by atoms with Crippen molar-refractivity contribution in [3.05, 3.63) is 53.1 Å². The Kier molecular flexibility index (Phi) is 5.70. The van der Waals surface area contributed by atoms with Crippen LogP contribution in [-0.2, 0) is 13.6 Å². The van der Waals surface area contributed by atoms with Gasteiger partial charge in [-0.15, -0.1) is 0 Å². The number of hydrogen-bond donors (Lipinski definition) is 0. The molecule has 3 rings (SSSR count). The molecule has 1 saturated heterocycles. The number of benzene rings is 1. The van der Waals surface area contributed by atoms with Gasteiger partial charge < -0.3 is 4.90 Å². The van der Waals surface area contributed by atoms with Gasteiger partial charge in [0.1, 0.15) is 5.82 Å². The fourth-order valence-corrected chi connectivity index (χ4v) is 4.12. The van der Waals surface area contributed by atoms with Gasteiger partial charge in [0.15, 0.2) is 0 Å². The molecule has 1 fully saturated rings. The van der Waals surface area contributed by atoms with Crippen LogP contribution >= 0.6 is 0 Å². The van der Waals surface area contributed by atoms with E-state index in [-0.39, 0.29) is 5.82 Å². The molecule has 2 atom stereocenters. The first kappa shape index (κ1) is 18.6. The van der Waals surface area contributed by atoms with Gasteiger partial charge in [-0.3, -0.25) is 9.58 Å². The maximum absolute atomic E-state index is 13.4. The molecule has 138 valence electrons. The van der Waals surface area contributed by atoms with Gasteiger partial charge in [-0.1, -0.05) is 6.07 Å². The predicted octanol–water partition coefficient (Wildman–Crippen LogP) is 2.95. The van der Waals surface area contributed by atoms with Crippen LogP contribution in [0.4, 0.5) is 4.39 Å². The Hall–Kier alpha value is -2.23. The van der Waals surface area contributed by atoms with Gasteiger partial charge in [0, 0.05) is 37.9 Å². The van der Waals surface area contributed by atoms with Crippen LogP contribution in [0.1, 0.15) is 35.6 Å². The van der Waals surface area contributed by atoms with E-state index in [1.165, 1.54) is 30.5 Å². The molecule has 26 heavy (non-hydrogen) atoms. The van der Waals surface area contributed by atoms with E-state index in [0.29, 0.717) is 24.1 Å². The number of rotatable bonds is 5. The largest absolute Gasteiger partial charge is 0.302 e. The first-order valence-electron chi connectivity index (χ1n) is 9.03. The molecule has 0 amide bonds. The molecule has 0 N–H and O–H groups in total. The zero-order chi connectivity index (χ0) is 18.7. The highest BCUT2D eigenvalue weighted by Crippen LogP contribution is 2.35. The van der Waals surface area contributed by atoms with Crippen molar-refractivity contribution in [1.82, 2.24) is 19.6 Å². The van der Waals surface area contributed by atoms with E-state index in [0.717, 1.165) is 18.7 Å². The van der Waals surface area contributed by atoms with Crippen molar-refractivity contribution in [3.8, 4) is 6.07 Å². The van der Waals surface area contributed by atoms with Crippen molar-refractivity contribution < 1.29 is 4.39 Å². The van der Waals surface area contributed by atoms with E-state index in [1.54, 1.807) is 6.07 Å². The molecule has 1 aromatic heterocycles. The van der Waals surface area contributed by atoms with Crippen molar-refractivity contribution in [2.24, 2.45) is 13.0 Å². The normalized spacial score (nSPS) is 21.1. The summed E-state index contributed by atoms with van der Waals surface area (Å²) < 4.78 is 15.2. The maximum atomic E-state index is 13.4. The molecular formula is C20H26FN5. The third kappa shape index (κ3) is 4.12. The van der Waals surface area contributed by atoms with Crippen LogP contribution in [0.25, 0.3) is 0 Å². The van der Waals surface area contributed by atoms with Gasteiger partial charge >= 0.3 is 0 Å². The summed E-state index contributed by atoms with van der Waals surface area (Å²) >= 11 is 0. The summed E-state index contributed by atoms with van der Waals surface area (Å²) in [5, 5.41) is 13.6. The zero-order valence-electron chi connectivity index (χ0n) is 15.7. The maximum Gasteiger partial charge on any atom is 0.124 e. The summed E-state index contributed by atoms with van der Waals surface area (Å²) in [5.41, 5.74) is 2.55. The number of likely N-dealkylation sites (tertiary alicyclic amines) is 1. The molecular weight excluding hydrogens is 329 g/mol. The molecule has 0 saturated carbocycles. The molecule has 0 unspecified atom stereocenters. The molecule has 0 aliphatic carbocycles. The van der Waals surface area contributed by atoms with Crippen LogP contribution in [-0.4, -0.2) is 46.8 Å². The molecule has 0 radical (unpaired) electrons. The Labute approximate surface area is 154 Å². The zero-order valence-corrected chi connectivity index (χ0v) is 15.7. The van der Waals surface area contributed by atoms with Crippen molar-refractivity contribution in [1.29, 1.82) is 5.26 Å². The summed E-state index contributed by atoms with van der Waals surface area (Å²) in [6.45, 7) is 2.66. The Balaban J connectivity index is 1.73. The number of halogens is 1. The average Bonchev–Trinajstić information content (AvgIpc) is 3.02. The predicted molar refractivity (Wildman–Crippen MR) is 98.8 cm³/mol. The quantitative estimate of drug-likeness (QED) is 0.827. The fraction of sp³-hybridized carbons (Fsp3) is 0.500. The lowest BCUT2D eigenvalue weighted by Crippen LogP contribution is -2.40. The second-order valence-corrected chi connectivity index (χ2v) is 7.39. The number of nitriles is 1. The molecule has 1 aliphatic heterocycles. The first-order valence-corrected chi connectivity index (χ1v) is 9.03. The van der Waals surface area contributed by atoms with Crippen molar-refractivity contribution in [2.75, 3.05) is 27.2 Å². The van der Waals surface area contributed by atoms with E-state index in [9.17, 15) is 9.65 Å². The third-order valence-corrected chi connectivity index (χ3v) is 5.25. The fourth-order valence-electron chi connectivity index (χ4n) is 4.12. The Bertz CT molecular complexity index is 794. The van der Waals surface area contributed by atoms with Crippen LogP contribution in [0.15, 0.2) is 30.6 Å². The molecule has 5 nitrogen and oxygen atoms in total. The minimum atomic E-state index is -0.362. The van der Waals surface area contributed by atoms with Gasteiger partial charge in [-0.05, 0) is 57.1 Å².